The molecule has 0 aliphatic carbocycles. The standard InChI is InChI=1S/C12H9N3O3/c13-12(16)4-2-8-1-3-11(15(17)18)10-7-14-6-5-9(8)10/h1-7H,(H2,13,16). The van der Waals surface area contributed by atoms with Gasteiger partial charge >= 0.3 is 0 Å². The molecule has 0 radical (unpaired) electrons. The zero-order valence-corrected chi connectivity index (χ0v) is 9.24. The Labute approximate surface area is 102 Å². The summed E-state index contributed by atoms with van der Waals surface area (Å²) in [5, 5.41) is 12.0. The molecular formula is C12H9N3O3. The second-order valence-corrected chi connectivity index (χ2v) is 3.59. The minimum atomic E-state index is -0.574. The summed E-state index contributed by atoms with van der Waals surface area (Å²) in [6.07, 6.45) is 5.69. The molecular weight excluding hydrogens is 234 g/mol. The first-order valence-electron chi connectivity index (χ1n) is 5.08. The van der Waals surface area contributed by atoms with E-state index in [0.29, 0.717) is 16.3 Å². The largest absolute Gasteiger partial charge is 0.366 e. The maximum Gasteiger partial charge on any atom is 0.278 e. The number of pyridine rings is 1. The number of aromatic nitrogens is 1. The lowest BCUT2D eigenvalue weighted by molar-refractivity contribution is -0.383. The molecule has 0 saturated carbocycles. The number of nitrogens with two attached hydrogens (primary N) is 1. The molecule has 2 aromatic rings. The fourth-order valence-corrected chi connectivity index (χ4v) is 1.68. The number of hydrogen-bond donors (Lipinski definition) is 1. The van der Waals surface area contributed by atoms with E-state index < -0.39 is 10.8 Å². The highest BCUT2D eigenvalue weighted by molar-refractivity contribution is 5.99. The van der Waals surface area contributed by atoms with E-state index in [1.165, 1.54) is 30.6 Å². The summed E-state index contributed by atoms with van der Waals surface area (Å²) in [6.45, 7) is 0. The molecule has 1 amide bonds. The minimum absolute atomic E-state index is 0.0191. The number of nitrogens with zero attached hydrogens (tertiary/aromatic N) is 2. The van der Waals surface area contributed by atoms with Gasteiger partial charge in [-0.1, -0.05) is 0 Å². The van der Waals surface area contributed by atoms with Gasteiger partial charge in [-0.15, -0.1) is 0 Å². The number of fused-ring (bicyclic) bond motifs is 1. The number of benzene rings is 1. The number of carbonyl (C=O) groups is 1. The average molecular weight is 243 g/mol. The normalized spacial score (nSPS) is 10.9. The lowest BCUT2D eigenvalue weighted by Gasteiger charge is -2.02. The molecule has 2 N–H and O–H groups in total. The number of hydrogen-bond acceptors (Lipinski definition) is 4. The van der Waals surface area contributed by atoms with E-state index in [-0.39, 0.29) is 5.69 Å². The molecule has 18 heavy (non-hydrogen) atoms. The lowest BCUT2D eigenvalue weighted by Crippen LogP contribution is -2.05. The number of nitro groups is 1. The smallest absolute Gasteiger partial charge is 0.278 e. The summed E-state index contributed by atoms with van der Waals surface area (Å²) in [5.74, 6) is -0.574. The molecule has 0 atom stereocenters. The Hall–Kier alpha value is -2.76. The van der Waals surface area contributed by atoms with Crippen molar-refractivity contribution < 1.29 is 9.72 Å². The molecule has 0 aliphatic rings. The van der Waals surface area contributed by atoms with Gasteiger partial charge in [-0.05, 0) is 29.2 Å². The van der Waals surface area contributed by atoms with Crippen LogP contribution in [0.4, 0.5) is 5.69 Å². The summed E-state index contributed by atoms with van der Waals surface area (Å²) in [6, 6.07) is 4.60. The van der Waals surface area contributed by atoms with Gasteiger partial charge in [0.05, 0.1) is 10.3 Å². The molecule has 1 aromatic heterocycles. The summed E-state index contributed by atoms with van der Waals surface area (Å²) in [4.78, 5) is 25.0. The third-order valence-electron chi connectivity index (χ3n) is 2.45. The number of rotatable bonds is 3. The van der Waals surface area contributed by atoms with Crippen molar-refractivity contribution in [3.05, 3.63) is 52.3 Å². The van der Waals surface area contributed by atoms with Crippen molar-refractivity contribution in [2.75, 3.05) is 0 Å². The molecule has 0 fully saturated rings. The molecule has 90 valence electrons. The quantitative estimate of drug-likeness (QED) is 0.503. The van der Waals surface area contributed by atoms with Crippen LogP contribution in [0.3, 0.4) is 0 Å². The second-order valence-electron chi connectivity index (χ2n) is 3.59. The zero-order valence-electron chi connectivity index (χ0n) is 9.24. The maximum atomic E-state index is 10.9. The van der Waals surface area contributed by atoms with Gasteiger partial charge in [0, 0.05) is 24.5 Å². The summed E-state index contributed by atoms with van der Waals surface area (Å²) in [7, 11) is 0. The third-order valence-corrected chi connectivity index (χ3v) is 2.45. The van der Waals surface area contributed by atoms with E-state index in [2.05, 4.69) is 4.98 Å². The van der Waals surface area contributed by atoms with E-state index in [9.17, 15) is 14.9 Å². The number of non-ortho nitro benzene ring substituents is 1. The average Bonchev–Trinajstić information content (AvgIpc) is 2.35. The van der Waals surface area contributed by atoms with Crippen LogP contribution >= 0.6 is 0 Å². The Kier molecular flexibility index (Phi) is 3.01. The third kappa shape index (κ3) is 2.17. The zero-order chi connectivity index (χ0) is 13.1. The maximum absolute atomic E-state index is 10.9. The van der Waals surface area contributed by atoms with Crippen LogP contribution in [-0.2, 0) is 4.79 Å². The van der Waals surface area contributed by atoms with E-state index in [1.54, 1.807) is 12.1 Å². The monoisotopic (exact) mass is 243 g/mol. The molecule has 6 heteroatoms. The summed E-state index contributed by atoms with van der Waals surface area (Å²) in [5.41, 5.74) is 5.67. The van der Waals surface area contributed by atoms with Crippen molar-refractivity contribution >= 4 is 28.4 Å². The van der Waals surface area contributed by atoms with Crippen LogP contribution in [-0.4, -0.2) is 15.8 Å². The highest BCUT2D eigenvalue weighted by Gasteiger charge is 2.13. The molecule has 0 saturated heterocycles. The number of carbonyl (C=O) groups excluding carboxylic acids is 1. The van der Waals surface area contributed by atoms with E-state index in [0.717, 1.165) is 0 Å². The fourth-order valence-electron chi connectivity index (χ4n) is 1.68. The molecule has 1 heterocycles. The van der Waals surface area contributed by atoms with Gasteiger partial charge in [-0.25, -0.2) is 0 Å². The first kappa shape index (κ1) is 11.7. The Morgan fingerprint density at radius 3 is 2.78 bits per heavy atom. The first-order chi connectivity index (χ1) is 8.59. The fraction of sp³-hybridized carbons (Fsp3) is 0. The first-order valence-corrected chi connectivity index (χ1v) is 5.08. The molecule has 0 unspecified atom stereocenters. The van der Waals surface area contributed by atoms with Crippen molar-refractivity contribution in [3.63, 3.8) is 0 Å². The number of nitro benzene ring substituents is 1. The van der Waals surface area contributed by atoms with Crippen LogP contribution in [0.2, 0.25) is 0 Å². The Morgan fingerprint density at radius 1 is 1.33 bits per heavy atom. The van der Waals surface area contributed by atoms with Gasteiger partial charge in [0.2, 0.25) is 5.91 Å². The predicted octanol–water partition coefficient (Wildman–Crippen LogP) is 1.64. The van der Waals surface area contributed by atoms with Crippen LogP contribution < -0.4 is 5.73 Å². The molecule has 0 aliphatic heterocycles. The highest BCUT2D eigenvalue weighted by Crippen LogP contribution is 2.28. The van der Waals surface area contributed by atoms with Gasteiger partial charge in [0.25, 0.3) is 5.69 Å². The Balaban J connectivity index is 2.68. The van der Waals surface area contributed by atoms with Gasteiger partial charge < -0.3 is 5.73 Å². The van der Waals surface area contributed by atoms with Crippen LogP contribution in [0, 0.1) is 10.1 Å². The lowest BCUT2D eigenvalue weighted by atomic mass is 10.0. The summed E-state index contributed by atoms with van der Waals surface area (Å²) < 4.78 is 0. The van der Waals surface area contributed by atoms with E-state index in [4.69, 9.17) is 5.73 Å². The van der Waals surface area contributed by atoms with E-state index in [1.807, 2.05) is 0 Å². The van der Waals surface area contributed by atoms with Crippen LogP contribution in [0.25, 0.3) is 16.8 Å². The van der Waals surface area contributed by atoms with E-state index >= 15 is 0 Å². The highest BCUT2D eigenvalue weighted by atomic mass is 16.6. The van der Waals surface area contributed by atoms with Crippen molar-refractivity contribution in [2.45, 2.75) is 0 Å². The van der Waals surface area contributed by atoms with Gasteiger partial charge in [-0.3, -0.25) is 19.9 Å². The van der Waals surface area contributed by atoms with Gasteiger partial charge in [0.1, 0.15) is 0 Å². The number of amides is 1. The van der Waals surface area contributed by atoms with Crippen LogP contribution in [0.5, 0.6) is 0 Å². The van der Waals surface area contributed by atoms with Crippen molar-refractivity contribution in [1.29, 1.82) is 0 Å². The second kappa shape index (κ2) is 4.62. The summed E-state index contributed by atoms with van der Waals surface area (Å²) >= 11 is 0. The van der Waals surface area contributed by atoms with Crippen LogP contribution in [0.15, 0.2) is 36.7 Å². The van der Waals surface area contributed by atoms with Gasteiger partial charge in [0.15, 0.2) is 0 Å². The minimum Gasteiger partial charge on any atom is -0.366 e. The molecule has 1 aromatic carbocycles. The van der Waals surface area contributed by atoms with Gasteiger partial charge in [-0.2, -0.15) is 0 Å². The Bertz CT molecular complexity index is 665. The van der Waals surface area contributed by atoms with Crippen molar-refractivity contribution in [3.8, 4) is 0 Å². The SMILES string of the molecule is NC(=O)C=Cc1ccc([N+](=O)[O-])c2cnccc12. The molecule has 2 rings (SSSR count). The molecule has 6 nitrogen and oxygen atoms in total. The van der Waals surface area contributed by atoms with Crippen LogP contribution in [0.1, 0.15) is 5.56 Å². The Morgan fingerprint density at radius 2 is 2.11 bits per heavy atom. The van der Waals surface area contributed by atoms with Crippen molar-refractivity contribution in [2.24, 2.45) is 5.73 Å². The van der Waals surface area contributed by atoms with Crippen molar-refractivity contribution in [1.82, 2.24) is 4.98 Å². The predicted molar refractivity (Wildman–Crippen MR) is 66.6 cm³/mol. The molecule has 0 bridgehead atoms. The molecule has 0 spiro atoms. The number of primary amides is 1. The topological polar surface area (TPSA) is 99.1 Å².